The smallest absolute Gasteiger partial charge is 0.246 e. The molecule has 0 aliphatic carbocycles. The molecule has 23 heavy (non-hydrogen) atoms. The molecule has 1 aliphatic heterocycles. The number of nitrogens with zero attached hydrogens (tertiary/aromatic N) is 1. The highest BCUT2D eigenvalue weighted by atomic mass is 35.5. The van der Waals surface area contributed by atoms with Gasteiger partial charge in [-0.05, 0) is 36.3 Å². The molecule has 120 valence electrons. The lowest BCUT2D eigenvalue weighted by molar-refractivity contribution is -0.125. The average Bonchev–Trinajstić information content (AvgIpc) is 2.96. The quantitative estimate of drug-likeness (QED) is 0.757. The van der Waals surface area contributed by atoms with E-state index < -0.39 is 0 Å². The number of hydrogen-bond donors (Lipinski definition) is 0. The van der Waals surface area contributed by atoms with Crippen molar-refractivity contribution in [3.05, 3.63) is 65.1 Å². The van der Waals surface area contributed by atoms with E-state index in [2.05, 4.69) is 6.07 Å². The minimum absolute atomic E-state index is 0.0295. The monoisotopic (exact) mass is 347 g/mol. The van der Waals surface area contributed by atoms with Crippen LogP contribution < -0.4 is 0 Å². The Labute approximate surface area is 145 Å². The molecule has 1 aromatic heterocycles. The van der Waals surface area contributed by atoms with Gasteiger partial charge in [0.05, 0.1) is 6.26 Å². The lowest BCUT2D eigenvalue weighted by Crippen LogP contribution is -2.31. The van der Waals surface area contributed by atoms with Crippen LogP contribution in [0.3, 0.4) is 0 Å². The van der Waals surface area contributed by atoms with Gasteiger partial charge in [-0.2, -0.15) is 11.8 Å². The van der Waals surface area contributed by atoms with Crippen LogP contribution in [0, 0.1) is 0 Å². The van der Waals surface area contributed by atoms with Crippen molar-refractivity contribution in [2.45, 2.75) is 11.7 Å². The van der Waals surface area contributed by atoms with Gasteiger partial charge in [0, 0.05) is 35.2 Å². The van der Waals surface area contributed by atoms with Crippen LogP contribution in [-0.4, -0.2) is 29.6 Å². The third kappa shape index (κ3) is 4.21. The van der Waals surface area contributed by atoms with Crippen molar-refractivity contribution in [1.29, 1.82) is 0 Å². The van der Waals surface area contributed by atoms with Gasteiger partial charge in [-0.25, -0.2) is 0 Å². The number of rotatable bonds is 3. The summed E-state index contributed by atoms with van der Waals surface area (Å²) < 4.78 is 5.21. The lowest BCUT2D eigenvalue weighted by Gasteiger charge is -2.18. The summed E-state index contributed by atoms with van der Waals surface area (Å²) in [6.07, 6.45) is 5.81. The molecule has 5 heteroatoms. The van der Waals surface area contributed by atoms with Crippen LogP contribution in [0.4, 0.5) is 0 Å². The summed E-state index contributed by atoms with van der Waals surface area (Å²) in [6, 6.07) is 11.6. The van der Waals surface area contributed by atoms with Gasteiger partial charge in [0.1, 0.15) is 5.76 Å². The second-order valence-electron chi connectivity index (χ2n) is 5.34. The Morgan fingerprint density at radius 1 is 1.26 bits per heavy atom. The molecule has 2 heterocycles. The molecular weight excluding hydrogens is 330 g/mol. The van der Waals surface area contributed by atoms with Crippen molar-refractivity contribution >= 4 is 35.3 Å². The first kappa shape index (κ1) is 16.2. The normalized spacial score (nSPS) is 19.0. The number of carbonyl (C=O) groups excluding carboxylic acids is 1. The molecule has 1 amide bonds. The number of thioether (sulfide) groups is 1. The van der Waals surface area contributed by atoms with E-state index in [9.17, 15) is 4.79 Å². The third-order valence-corrected chi connectivity index (χ3v) is 5.49. The summed E-state index contributed by atoms with van der Waals surface area (Å²) in [5, 5.41) is 1.15. The minimum atomic E-state index is 0.0295. The van der Waals surface area contributed by atoms with E-state index in [1.807, 2.05) is 40.9 Å². The molecule has 1 aliphatic rings. The van der Waals surface area contributed by atoms with E-state index in [-0.39, 0.29) is 5.91 Å². The summed E-state index contributed by atoms with van der Waals surface area (Å²) in [4.78, 5) is 14.2. The molecule has 0 bridgehead atoms. The Morgan fingerprint density at radius 3 is 2.91 bits per heavy atom. The fourth-order valence-corrected chi connectivity index (χ4v) is 4.22. The molecule has 1 fully saturated rings. The number of hydrogen-bond acceptors (Lipinski definition) is 3. The van der Waals surface area contributed by atoms with Gasteiger partial charge in [-0.15, -0.1) is 0 Å². The van der Waals surface area contributed by atoms with Crippen LogP contribution in [-0.2, 0) is 4.79 Å². The van der Waals surface area contributed by atoms with Gasteiger partial charge in [0.25, 0.3) is 0 Å². The predicted molar refractivity (Wildman–Crippen MR) is 95.6 cm³/mol. The molecule has 0 unspecified atom stereocenters. The van der Waals surface area contributed by atoms with Crippen molar-refractivity contribution in [2.24, 2.45) is 0 Å². The number of furan rings is 1. The Kier molecular flexibility index (Phi) is 5.47. The molecule has 0 spiro atoms. The maximum absolute atomic E-state index is 12.3. The fourth-order valence-electron chi connectivity index (χ4n) is 2.62. The van der Waals surface area contributed by atoms with E-state index in [0.29, 0.717) is 11.0 Å². The average molecular weight is 348 g/mol. The van der Waals surface area contributed by atoms with E-state index in [1.165, 1.54) is 5.56 Å². The van der Waals surface area contributed by atoms with Crippen molar-refractivity contribution in [3.8, 4) is 0 Å². The molecule has 0 radical (unpaired) electrons. The minimum Gasteiger partial charge on any atom is -0.465 e. The summed E-state index contributed by atoms with van der Waals surface area (Å²) in [5.74, 6) is 1.63. The second-order valence-corrected chi connectivity index (χ2v) is 7.06. The number of benzene rings is 1. The largest absolute Gasteiger partial charge is 0.465 e. The first-order chi connectivity index (χ1) is 11.2. The number of carbonyl (C=O) groups is 1. The van der Waals surface area contributed by atoms with E-state index in [4.69, 9.17) is 16.0 Å². The predicted octanol–water partition coefficient (Wildman–Crippen LogP) is 4.65. The van der Waals surface area contributed by atoms with Crippen molar-refractivity contribution in [3.63, 3.8) is 0 Å². The summed E-state index contributed by atoms with van der Waals surface area (Å²) >= 11 is 8.17. The van der Waals surface area contributed by atoms with Crippen LogP contribution in [0.25, 0.3) is 6.08 Å². The molecule has 2 aromatic rings. The standard InChI is InChI=1S/C18H18ClNO2S/c19-16-6-2-1-5-15(16)17-9-10-20(11-13-23-17)18(21)8-7-14-4-3-12-22-14/h1-8,12,17H,9-11,13H2/b8-7+/t17-/m0/s1. The van der Waals surface area contributed by atoms with Crippen molar-refractivity contribution in [1.82, 2.24) is 4.90 Å². The maximum Gasteiger partial charge on any atom is 0.246 e. The Bertz CT molecular complexity index is 684. The molecule has 3 nitrogen and oxygen atoms in total. The van der Waals surface area contributed by atoms with Gasteiger partial charge in [-0.1, -0.05) is 29.8 Å². The molecule has 0 N–H and O–H groups in total. The molecule has 3 rings (SSSR count). The SMILES string of the molecule is O=C(/C=C/c1ccco1)N1CCS[C@H](c2ccccc2Cl)CC1. The highest BCUT2D eigenvalue weighted by molar-refractivity contribution is 7.99. The van der Waals surface area contributed by atoms with E-state index in [0.717, 1.165) is 30.3 Å². The van der Waals surface area contributed by atoms with Crippen molar-refractivity contribution in [2.75, 3.05) is 18.8 Å². The molecular formula is C18H18ClNO2S. The van der Waals surface area contributed by atoms with Gasteiger partial charge in [-0.3, -0.25) is 4.79 Å². The van der Waals surface area contributed by atoms with Gasteiger partial charge in [0.15, 0.2) is 0 Å². The van der Waals surface area contributed by atoms with Crippen LogP contribution in [0.15, 0.2) is 53.2 Å². The zero-order valence-electron chi connectivity index (χ0n) is 12.7. The molecule has 1 saturated heterocycles. The molecule has 1 atom stereocenters. The van der Waals surface area contributed by atoms with E-state index in [1.54, 1.807) is 24.5 Å². The molecule has 1 aromatic carbocycles. The Hall–Kier alpha value is -1.65. The zero-order chi connectivity index (χ0) is 16.1. The van der Waals surface area contributed by atoms with Gasteiger partial charge < -0.3 is 9.32 Å². The Balaban J connectivity index is 1.62. The summed E-state index contributed by atoms with van der Waals surface area (Å²) in [7, 11) is 0. The Morgan fingerprint density at radius 2 is 2.13 bits per heavy atom. The lowest BCUT2D eigenvalue weighted by atomic mass is 10.1. The maximum atomic E-state index is 12.3. The third-order valence-electron chi connectivity index (χ3n) is 3.84. The van der Waals surface area contributed by atoms with Gasteiger partial charge in [0.2, 0.25) is 5.91 Å². The highest BCUT2D eigenvalue weighted by Crippen LogP contribution is 2.37. The first-order valence-corrected chi connectivity index (χ1v) is 9.03. The summed E-state index contributed by atoms with van der Waals surface area (Å²) in [5.41, 5.74) is 1.17. The van der Waals surface area contributed by atoms with Crippen LogP contribution >= 0.6 is 23.4 Å². The zero-order valence-corrected chi connectivity index (χ0v) is 14.2. The molecule has 0 saturated carbocycles. The summed E-state index contributed by atoms with van der Waals surface area (Å²) in [6.45, 7) is 1.50. The van der Waals surface area contributed by atoms with Crippen LogP contribution in [0.1, 0.15) is 23.0 Å². The van der Waals surface area contributed by atoms with E-state index >= 15 is 0 Å². The topological polar surface area (TPSA) is 33.5 Å². The van der Waals surface area contributed by atoms with Crippen LogP contribution in [0.2, 0.25) is 5.02 Å². The van der Waals surface area contributed by atoms with Crippen molar-refractivity contribution < 1.29 is 9.21 Å². The second kappa shape index (κ2) is 7.75. The highest BCUT2D eigenvalue weighted by Gasteiger charge is 2.22. The van der Waals surface area contributed by atoms with Crippen LogP contribution in [0.5, 0.6) is 0 Å². The first-order valence-electron chi connectivity index (χ1n) is 7.60. The van der Waals surface area contributed by atoms with Gasteiger partial charge >= 0.3 is 0 Å². The fraction of sp³-hybridized carbons (Fsp3) is 0.278. The number of amides is 1. The number of halogens is 1.